The van der Waals surface area contributed by atoms with E-state index in [1.807, 2.05) is 11.7 Å². The summed E-state index contributed by atoms with van der Waals surface area (Å²) in [5.74, 6) is 0. The Labute approximate surface area is 116 Å². The topological polar surface area (TPSA) is 53.1 Å². The van der Waals surface area contributed by atoms with Gasteiger partial charge in [-0.1, -0.05) is 0 Å². The number of rotatable bonds is 6. The first-order chi connectivity index (χ1) is 9.08. The van der Waals surface area contributed by atoms with Crippen molar-refractivity contribution in [2.24, 2.45) is 12.8 Å². The van der Waals surface area contributed by atoms with E-state index in [0.29, 0.717) is 6.10 Å². The molecule has 1 aromatic heterocycles. The lowest BCUT2D eigenvalue weighted by molar-refractivity contribution is 0.100. The second-order valence-electron chi connectivity index (χ2n) is 5.78. The molecule has 1 aliphatic heterocycles. The molecule has 4 nitrogen and oxygen atoms in total. The van der Waals surface area contributed by atoms with Crippen molar-refractivity contribution in [3.8, 4) is 0 Å². The first-order valence-corrected chi connectivity index (χ1v) is 7.44. The Kier molecular flexibility index (Phi) is 4.99. The number of hydrogen-bond acceptors (Lipinski definition) is 3. The van der Waals surface area contributed by atoms with Crippen molar-refractivity contribution in [2.45, 2.75) is 64.5 Å². The predicted molar refractivity (Wildman–Crippen MR) is 77.2 cm³/mol. The molecule has 2 atom stereocenters. The van der Waals surface area contributed by atoms with Crippen molar-refractivity contribution in [1.82, 2.24) is 9.78 Å². The minimum atomic E-state index is 0.281. The van der Waals surface area contributed by atoms with Crippen molar-refractivity contribution in [3.05, 3.63) is 17.0 Å². The Balaban J connectivity index is 1.74. The fourth-order valence-corrected chi connectivity index (χ4v) is 2.93. The third kappa shape index (κ3) is 3.80. The van der Waals surface area contributed by atoms with E-state index in [0.717, 1.165) is 38.0 Å². The van der Waals surface area contributed by atoms with Crippen molar-refractivity contribution >= 4 is 0 Å². The van der Waals surface area contributed by atoms with Gasteiger partial charge < -0.3 is 10.5 Å². The SMILES string of the molecule is Cc1nn(C)c(C)c1CCC(N)CCC1CCCO1. The van der Waals surface area contributed by atoms with E-state index in [-0.39, 0.29) is 6.04 Å². The van der Waals surface area contributed by atoms with Crippen LogP contribution in [0.25, 0.3) is 0 Å². The highest BCUT2D eigenvalue weighted by molar-refractivity contribution is 5.24. The molecule has 0 saturated carbocycles. The Bertz CT molecular complexity index is 408. The lowest BCUT2D eigenvalue weighted by Crippen LogP contribution is -2.23. The zero-order valence-corrected chi connectivity index (χ0v) is 12.5. The number of nitrogens with two attached hydrogens (primary N) is 1. The maximum Gasteiger partial charge on any atom is 0.0628 e. The molecule has 1 fully saturated rings. The van der Waals surface area contributed by atoms with Gasteiger partial charge in [0.2, 0.25) is 0 Å². The second kappa shape index (κ2) is 6.53. The summed E-state index contributed by atoms with van der Waals surface area (Å²) in [6.07, 6.45) is 7.17. The summed E-state index contributed by atoms with van der Waals surface area (Å²) in [6, 6.07) is 0.281. The van der Waals surface area contributed by atoms with Crippen LogP contribution in [-0.4, -0.2) is 28.5 Å². The van der Waals surface area contributed by atoms with Gasteiger partial charge in [0.05, 0.1) is 11.8 Å². The molecule has 0 aromatic carbocycles. The minimum absolute atomic E-state index is 0.281. The first-order valence-electron chi connectivity index (χ1n) is 7.44. The Hall–Kier alpha value is -0.870. The van der Waals surface area contributed by atoms with Gasteiger partial charge in [-0.3, -0.25) is 4.68 Å². The van der Waals surface area contributed by atoms with Crippen LogP contribution >= 0.6 is 0 Å². The molecule has 0 spiro atoms. The predicted octanol–water partition coefficient (Wildman–Crippen LogP) is 2.26. The molecule has 4 heteroatoms. The van der Waals surface area contributed by atoms with Gasteiger partial charge in [0.15, 0.2) is 0 Å². The highest BCUT2D eigenvalue weighted by Gasteiger charge is 2.17. The largest absolute Gasteiger partial charge is 0.378 e. The van der Waals surface area contributed by atoms with Gasteiger partial charge in [-0.05, 0) is 57.9 Å². The van der Waals surface area contributed by atoms with Gasteiger partial charge in [-0.15, -0.1) is 0 Å². The van der Waals surface area contributed by atoms with Gasteiger partial charge in [-0.2, -0.15) is 5.10 Å². The quantitative estimate of drug-likeness (QED) is 0.858. The van der Waals surface area contributed by atoms with Crippen LogP contribution in [0.4, 0.5) is 0 Å². The number of aromatic nitrogens is 2. The third-order valence-corrected chi connectivity index (χ3v) is 4.31. The number of aryl methyl sites for hydroxylation is 2. The van der Waals surface area contributed by atoms with E-state index in [1.165, 1.54) is 24.1 Å². The number of hydrogen-bond donors (Lipinski definition) is 1. The zero-order valence-electron chi connectivity index (χ0n) is 12.5. The number of nitrogens with zero attached hydrogens (tertiary/aromatic N) is 2. The summed E-state index contributed by atoms with van der Waals surface area (Å²) in [5.41, 5.74) is 10.0. The van der Waals surface area contributed by atoms with E-state index < -0.39 is 0 Å². The van der Waals surface area contributed by atoms with E-state index in [1.54, 1.807) is 0 Å². The molecule has 0 aliphatic carbocycles. The highest BCUT2D eigenvalue weighted by atomic mass is 16.5. The van der Waals surface area contributed by atoms with Crippen LogP contribution in [0, 0.1) is 13.8 Å². The number of ether oxygens (including phenoxy) is 1. The summed E-state index contributed by atoms with van der Waals surface area (Å²) >= 11 is 0. The van der Waals surface area contributed by atoms with Crippen LogP contribution in [-0.2, 0) is 18.2 Å². The Morgan fingerprint density at radius 2 is 2.21 bits per heavy atom. The fourth-order valence-electron chi connectivity index (χ4n) is 2.93. The normalized spacial score (nSPS) is 20.9. The van der Waals surface area contributed by atoms with Crippen molar-refractivity contribution in [3.63, 3.8) is 0 Å². The summed E-state index contributed by atoms with van der Waals surface area (Å²) in [7, 11) is 2.00. The first kappa shape index (κ1) is 14.5. The average molecular weight is 265 g/mol. The summed E-state index contributed by atoms with van der Waals surface area (Å²) in [6.45, 7) is 5.15. The molecule has 2 heterocycles. The van der Waals surface area contributed by atoms with Crippen LogP contribution < -0.4 is 5.73 Å². The molecule has 19 heavy (non-hydrogen) atoms. The highest BCUT2D eigenvalue weighted by Crippen LogP contribution is 2.19. The molecule has 2 rings (SSSR count). The molecule has 2 N–H and O–H groups in total. The van der Waals surface area contributed by atoms with Crippen LogP contribution in [0.2, 0.25) is 0 Å². The van der Waals surface area contributed by atoms with E-state index >= 15 is 0 Å². The van der Waals surface area contributed by atoms with Gasteiger partial charge in [-0.25, -0.2) is 0 Å². The fraction of sp³-hybridized carbons (Fsp3) is 0.800. The lowest BCUT2D eigenvalue weighted by Gasteiger charge is -2.14. The maximum atomic E-state index is 6.22. The third-order valence-electron chi connectivity index (χ3n) is 4.31. The van der Waals surface area contributed by atoms with Crippen molar-refractivity contribution in [1.29, 1.82) is 0 Å². The molecule has 1 aliphatic rings. The smallest absolute Gasteiger partial charge is 0.0628 e. The van der Waals surface area contributed by atoms with E-state index in [4.69, 9.17) is 10.5 Å². The Morgan fingerprint density at radius 1 is 1.42 bits per heavy atom. The standard InChI is InChI=1S/C15H27N3O/c1-11-15(12(2)18(3)17-11)9-7-13(16)6-8-14-5-4-10-19-14/h13-14H,4-10,16H2,1-3H3. The molecular weight excluding hydrogens is 238 g/mol. The molecule has 108 valence electrons. The second-order valence-corrected chi connectivity index (χ2v) is 5.78. The molecule has 1 aromatic rings. The van der Waals surface area contributed by atoms with Crippen LogP contribution in [0.3, 0.4) is 0 Å². The van der Waals surface area contributed by atoms with Crippen LogP contribution in [0.1, 0.15) is 49.1 Å². The van der Waals surface area contributed by atoms with Crippen molar-refractivity contribution < 1.29 is 4.74 Å². The molecule has 1 saturated heterocycles. The minimum Gasteiger partial charge on any atom is -0.378 e. The average Bonchev–Trinajstić information content (AvgIpc) is 2.96. The van der Waals surface area contributed by atoms with Crippen LogP contribution in [0.15, 0.2) is 0 Å². The van der Waals surface area contributed by atoms with Crippen LogP contribution in [0.5, 0.6) is 0 Å². The summed E-state index contributed by atoms with van der Waals surface area (Å²) in [4.78, 5) is 0. The molecule has 0 radical (unpaired) electrons. The van der Waals surface area contributed by atoms with E-state index in [9.17, 15) is 0 Å². The van der Waals surface area contributed by atoms with Gasteiger partial charge >= 0.3 is 0 Å². The molecule has 0 bridgehead atoms. The van der Waals surface area contributed by atoms with Crippen molar-refractivity contribution in [2.75, 3.05) is 6.61 Å². The molecular formula is C15H27N3O. The van der Waals surface area contributed by atoms with Gasteiger partial charge in [0, 0.05) is 25.4 Å². The monoisotopic (exact) mass is 265 g/mol. The Morgan fingerprint density at radius 3 is 2.79 bits per heavy atom. The molecule has 2 unspecified atom stereocenters. The lowest BCUT2D eigenvalue weighted by atomic mass is 9.99. The van der Waals surface area contributed by atoms with Gasteiger partial charge in [0.25, 0.3) is 0 Å². The maximum absolute atomic E-state index is 6.22. The van der Waals surface area contributed by atoms with Gasteiger partial charge in [0.1, 0.15) is 0 Å². The summed E-state index contributed by atoms with van der Waals surface area (Å²) < 4.78 is 7.60. The molecule has 0 amide bonds. The summed E-state index contributed by atoms with van der Waals surface area (Å²) in [5, 5.41) is 4.45. The zero-order chi connectivity index (χ0) is 13.8. The van der Waals surface area contributed by atoms with E-state index in [2.05, 4.69) is 18.9 Å².